The predicted octanol–water partition coefficient (Wildman–Crippen LogP) is 4.87. The van der Waals surface area contributed by atoms with Gasteiger partial charge in [0.25, 0.3) is 0 Å². The third kappa shape index (κ3) is 3.74. The lowest BCUT2D eigenvalue weighted by Crippen LogP contribution is -2.42. The first-order chi connectivity index (χ1) is 12.7. The fourth-order valence-corrected chi connectivity index (χ4v) is 3.80. The van der Waals surface area contributed by atoms with Gasteiger partial charge in [-0.3, -0.25) is 0 Å². The SMILES string of the molecule is CC(C)Oc1ccc(N2C(=S)N(c3ccc(C#N)c(F)c3)CC2(C)C)cc1. The van der Waals surface area contributed by atoms with Crippen LogP contribution in [0.3, 0.4) is 0 Å². The van der Waals surface area contributed by atoms with Crippen molar-refractivity contribution in [3.05, 3.63) is 53.8 Å². The Morgan fingerprint density at radius 3 is 2.33 bits per heavy atom. The van der Waals surface area contributed by atoms with Crippen molar-refractivity contribution in [2.75, 3.05) is 16.3 Å². The molecule has 2 aromatic rings. The van der Waals surface area contributed by atoms with E-state index < -0.39 is 5.82 Å². The number of rotatable bonds is 4. The lowest BCUT2D eigenvalue weighted by molar-refractivity contribution is 0.242. The highest BCUT2D eigenvalue weighted by molar-refractivity contribution is 7.80. The Hall–Kier alpha value is -2.65. The Morgan fingerprint density at radius 1 is 1.15 bits per heavy atom. The normalized spacial score (nSPS) is 16.0. The van der Waals surface area contributed by atoms with Gasteiger partial charge in [0.15, 0.2) is 5.11 Å². The van der Waals surface area contributed by atoms with Crippen LogP contribution in [-0.4, -0.2) is 23.3 Å². The molecule has 0 spiro atoms. The topological polar surface area (TPSA) is 39.5 Å². The molecule has 4 nitrogen and oxygen atoms in total. The smallest absolute Gasteiger partial charge is 0.181 e. The van der Waals surface area contributed by atoms with Crippen molar-refractivity contribution < 1.29 is 9.13 Å². The van der Waals surface area contributed by atoms with E-state index in [0.717, 1.165) is 11.4 Å². The molecule has 1 aliphatic rings. The summed E-state index contributed by atoms with van der Waals surface area (Å²) in [6.07, 6.45) is 0.113. The molecule has 0 N–H and O–H groups in total. The third-order valence-electron chi connectivity index (χ3n) is 4.42. The number of halogens is 1. The van der Waals surface area contributed by atoms with Crippen molar-refractivity contribution in [2.45, 2.75) is 39.3 Å². The Bertz CT molecular complexity index is 903. The van der Waals surface area contributed by atoms with E-state index in [1.165, 1.54) is 12.1 Å². The molecule has 0 aromatic heterocycles. The van der Waals surface area contributed by atoms with Gasteiger partial charge in [0.2, 0.25) is 0 Å². The molecule has 1 fully saturated rings. The number of nitrogens with zero attached hydrogens (tertiary/aromatic N) is 3. The second-order valence-electron chi connectivity index (χ2n) is 7.45. The zero-order chi connectivity index (χ0) is 19.8. The monoisotopic (exact) mass is 383 g/mol. The van der Waals surface area contributed by atoms with E-state index in [2.05, 4.69) is 18.7 Å². The van der Waals surface area contributed by atoms with Crippen LogP contribution in [0, 0.1) is 17.1 Å². The summed E-state index contributed by atoms with van der Waals surface area (Å²) in [5, 5.41) is 9.53. The van der Waals surface area contributed by atoms with E-state index in [-0.39, 0.29) is 17.2 Å². The first-order valence-electron chi connectivity index (χ1n) is 8.81. The first kappa shape index (κ1) is 19.1. The molecule has 0 bridgehead atoms. The van der Waals surface area contributed by atoms with Crippen LogP contribution < -0.4 is 14.5 Å². The second-order valence-corrected chi connectivity index (χ2v) is 7.82. The molecule has 2 aromatic carbocycles. The van der Waals surface area contributed by atoms with Gasteiger partial charge in [-0.2, -0.15) is 5.26 Å². The molecular formula is C21H22FN3OS. The Morgan fingerprint density at radius 2 is 1.78 bits per heavy atom. The Kier molecular flexibility index (Phi) is 5.07. The van der Waals surface area contributed by atoms with Gasteiger partial charge in [0, 0.05) is 17.9 Å². The molecule has 1 heterocycles. The molecule has 0 saturated carbocycles. The van der Waals surface area contributed by atoms with Gasteiger partial charge in [-0.15, -0.1) is 0 Å². The molecule has 0 radical (unpaired) electrons. The van der Waals surface area contributed by atoms with E-state index in [1.54, 1.807) is 6.07 Å². The van der Waals surface area contributed by atoms with Crippen LogP contribution in [0.4, 0.5) is 15.8 Å². The van der Waals surface area contributed by atoms with Crippen LogP contribution in [-0.2, 0) is 0 Å². The van der Waals surface area contributed by atoms with Gasteiger partial charge in [-0.1, -0.05) is 0 Å². The number of benzene rings is 2. The molecule has 0 amide bonds. The summed E-state index contributed by atoms with van der Waals surface area (Å²) in [5.74, 6) is 0.270. The quantitative estimate of drug-likeness (QED) is 0.704. The molecule has 3 rings (SSSR count). The van der Waals surface area contributed by atoms with Gasteiger partial charge in [-0.25, -0.2) is 4.39 Å². The van der Waals surface area contributed by atoms with Gasteiger partial charge >= 0.3 is 0 Å². The fourth-order valence-electron chi connectivity index (χ4n) is 3.28. The molecule has 1 saturated heterocycles. The maximum absolute atomic E-state index is 14.1. The number of thiocarbonyl (C=S) groups is 1. The summed E-state index contributed by atoms with van der Waals surface area (Å²) in [5.41, 5.74) is 1.35. The summed E-state index contributed by atoms with van der Waals surface area (Å²) in [6.45, 7) is 8.78. The van der Waals surface area contributed by atoms with E-state index >= 15 is 0 Å². The minimum Gasteiger partial charge on any atom is -0.491 e. The van der Waals surface area contributed by atoms with E-state index in [4.69, 9.17) is 22.2 Å². The van der Waals surface area contributed by atoms with Crippen molar-refractivity contribution in [2.24, 2.45) is 0 Å². The minimum absolute atomic E-state index is 0.0284. The average molecular weight is 383 g/mol. The summed E-state index contributed by atoms with van der Waals surface area (Å²) in [7, 11) is 0. The van der Waals surface area contributed by atoms with Crippen LogP contribution in [0.1, 0.15) is 33.3 Å². The molecular weight excluding hydrogens is 361 g/mol. The van der Waals surface area contributed by atoms with Crippen LogP contribution >= 0.6 is 12.2 Å². The van der Waals surface area contributed by atoms with Crippen LogP contribution in [0.15, 0.2) is 42.5 Å². The summed E-state index contributed by atoms with van der Waals surface area (Å²) < 4.78 is 19.8. The Balaban J connectivity index is 1.90. The number of hydrogen-bond donors (Lipinski definition) is 0. The highest BCUT2D eigenvalue weighted by atomic mass is 32.1. The average Bonchev–Trinajstić information content (AvgIpc) is 2.84. The van der Waals surface area contributed by atoms with E-state index in [1.807, 2.05) is 49.1 Å². The zero-order valence-corrected chi connectivity index (χ0v) is 16.7. The summed E-state index contributed by atoms with van der Waals surface area (Å²) in [6, 6.07) is 14.2. The Labute approximate surface area is 164 Å². The highest BCUT2D eigenvalue weighted by Crippen LogP contribution is 2.36. The van der Waals surface area contributed by atoms with Crippen molar-refractivity contribution in [3.8, 4) is 11.8 Å². The maximum Gasteiger partial charge on any atom is 0.181 e. The van der Waals surface area contributed by atoms with Gasteiger partial charge in [-0.05, 0) is 82.4 Å². The van der Waals surface area contributed by atoms with Gasteiger partial charge in [0.05, 0.1) is 17.2 Å². The van der Waals surface area contributed by atoms with E-state index in [9.17, 15) is 4.39 Å². The number of ether oxygens (including phenoxy) is 1. The van der Waals surface area contributed by atoms with Crippen molar-refractivity contribution in [3.63, 3.8) is 0 Å². The number of hydrogen-bond acceptors (Lipinski definition) is 3. The molecule has 140 valence electrons. The van der Waals surface area contributed by atoms with Crippen molar-refractivity contribution >= 4 is 28.7 Å². The maximum atomic E-state index is 14.1. The summed E-state index contributed by atoms with van der Waals surface area (Å²) in [4.78, 5) is 3.97. The molecule has 6 heteroatoms. The molecule has 27 heavy (non-hydrogen) atoms. The van der Waals surface area contributed by atoms with Crippen LogP contribution in [0.2, 0.25) is 0 Å². The van der Waals surface area contributed by atoms with Gasteiger partial charge in [0.1, 0.15) is 17.6 Å². The molecule has 0 atom stereocenters. The molecule has 0 unspecified atom stereocenters. The molecule has 1 aliphatic heterocycles. The largest absolute Gasteiger partial charge is 0.491 e. The first-order valence-corrected chi connectivity index (χ1v) is 9.22. The molecule has 0 aliphatic carbocycles. The minimum atomic E-state index is -0.538. The van der Waals surface area contributed by atoms with Crippen molar-refractivity contribution in [1.82, 2.24) is 0 Å². The fraction of sp³-hybridized carbons (Fsp3) is 0.333. The summed E-state index contributed by atoms with van der Waals surface area (Å²) >= 11 is 5.72. The lowest BCUT2D eigenvalue weighted by atomic mass is 10.0. The predicted molar refractivity (Wildman–Crippen MR) is 110 cm³/mol. The number of anilines is 2. The number of nitriles is 1. The van der Waals surface area contributed by atoms with Crippen LogP contribution in [0.5, 0.6) is 5.75 Å². The van der Waals surface area contributed by atoms with E-state index in [0.29, 0.717) is 17.3 Å². The highest BCUT2D eigenvalue weighted by Gasteiger charge is 2.42. The third-order valence-corrected chi connectivity index (χ3v) is 4.83. The van der Waals surface area contributed by atoms with Crippen molar-refractivity contribution in [1.29, 1.82) is 5.26 Å². The van der Waals surface area contributed by atoms with Gasteiger partial charge < -0.3 is 14.5 Å². The zero-order valence-electron chi connectivity index (χ0n) is 15.9. The van der Waals surface area contributed by atoms with Crippen LogP contribution in [0.25, 0.3) is 0 Å². The lowest BCUT2D eigenvalue weighted by Gasteiger charge is -2.31. The second kappa shape index (κ2) is 7.16. The standard InChI is InChI=1S/C21H22FN3OS/c1-14(2)26-18-9-7-16(8-10-18)25-20(27)24(13-21(25,3)4)17-6-5-15(12-23)19(22)11-17/h5-11,14H,13H2,1-4H3.